The Bertz CT molecular complexity index is 533. The standard InChI is InChI=1S/C13H16N4O3/c1-20-11-2-3-12(13(10-11)17(18)19)16-8-6-15(5-4-14)7-9-16/h2-3,10H,5-9H2,1H3. The number of nitriles is 1. The first-order valence-electron chi connectivity index (χ1n) is 6.32. The number of ether oxygens (including phenoxy) is 1. The van der Waals surface area contributed by atoms with Crippen molar-refractivity contribution in [2.45, 2.75) is 0 Å². The molecule has 7 heteroatoms. The van der Waals surface area contributed by atoms with Crippen molar-refractivity contribution in [3.63, 3.8) is 0 Å². The van der Waals surface area contributed by atoms with Crippen LogP contribution in [0.15, 0.2) is 18.2 Å². The van der Waals surface area contributed by atoms with E-state index in [1.165, 1.54) is 13.2 Å². The van der Waals surface area contributed by atoms with Gasteiger partial charge in [0.25, 0.3) is 5.69 Å². The molecule has 1 saturated heterocycles. The fourth-order valence-electron chi connectivity index (χ4n) is 2.29. The summed E-state index contributed by atoms with van der Waals surface area (Å²) >= 11 is 0. The topological polar surface area (TPSA) is 82.6 Å². The third kappa shape index (κ3) is 2.97. The fraction of sp³-hybridized carbons (Fsp3) is 0.462. The first-order chi connectivity index (χ1) is 9.65. The molecule has 1 aliphatic heterocycles. The molecule has 0 saturated carbocycles. The third-order valence-electron chi connectivity index (χ3n) is 3.39. The number of piperazine rings is 1. The lowest BCUT2D eigenvalue weighted by molar-refractivity contribution is -0.384. The van der Waals surface area contributed by atoms with E-state index in [2.05, 4.69) is 6.07 Å². The van der Waals surface area contributed by atoms with Gasteiger partial charge in [0.15, 0.2) is 0 Å². The molecule has 0 amide bonds. The maximum Gasteiger partial charge on any atom is 0.296 e. The summed E-state index contributed by atoms with van der Waals surface area (Å²) in [6.45, 7) is 3.22. The van der Waals surface area contributed by atoms with Crippen LogP contribution in [0.3, 0.4) is 0 Å². The highest BCUT2D eigenvalue weighted by Crippen LogP contribution is 2.32. The summed E-state index contributed by atoms with van der Waals surface area (Å²) in [6, 6.07) is 7.01. The predicted octanol–water partition coefficient (Wildman–Crippen LogP) is 1.25. The highest BCUT2D eigenvalue weighted by Gasteiger charge is 2.24. The number of methoxy groups -OCH3 is 1. The summed E-state index contributed by atoms with van der Waals surface area (Å²) < 4.78 is 5.03. The number of rotatable bonds is 4. The maximum absolute atomic E-state index is 11.2. The van der Waals surface area contributed by atoms with Crippen molar-refractivity contribution in [2.24, 2.45) is 0 Å². The van der Waals surface area contributed by atoms with Gasteiger partial charge in [0.05, 0.1) is 30.7 Å². The number of benzene rings is 1. The molecule has 106 valence electrons. The van der Waals surface area contributed by atoms with E-state index < -0.39 is 0 Å². The van der Waals surface area contributed by atoms with E-state index in [1.54, 1.807) is 12.1 Å². The average molecular weight is 276 g/mol. The fourth-order valence-corrected chi connectivity index (χ4v) is 2.29. The first-order valence-corrected chi connectivity index (χ1v) is 6.32. The van der Waals surface area contributed by atoms with Crippen LogP contribution in [0.1, 0.15) is 0 Å². The highest BCUT2D eigenvalue weighted by molar-refractivity contribution is 5.65. The van der Waals surface area contributed by atoms with Crippen molar-refractivity contribution in [1.29, 1.82) is 5.26 Å². The van der Waals surface area contributed by atoms with Gasteiger partial charge in [0.2, 0.25) is 0 Å². The van der Waals surface area contributed by atoms with Crippen LogP contribution >= 0.6 is 0 Å². The molecule has 1 aromatic carbocycles. The first kappa shape index (κ1) is 14.1. The molecule has 0 bridgehead atoms. The lowest BCUT2D eigenvalue weighted by Gasteiger charge is -2.34. The van der Waals surface area contributed by atoms with E-state index in [0.717, 1.165) is 13.1 Å². The Kier molecular flexibility index (Phi) is 4.38. The SMILES string of the molecule is COc1ccc(N2CCN(CC#N)CC2)c([N+](=O)[O-])c1. The Labute approximate surface area is 117 Å². The Morgan fingerprint density at radius 3 is 2.65 bits per heavy atom. The van der Waals surface area contributed by atoms with E-state index in [1.807, 2.05) is 9.80 Å². The van der Waals surface area contributed by atoms with E-state index >= 15 is 0 Å². The summed E-state index contributed by atoms with van der Waals surface area (Å²) in [5.74, 6) is 0.476. The number of hydrogen-bond acceptors (Lipinski definition) is 6. The second-order valence-corrected chi connectivity index (χ2v) is 4.53. The monoisotopic (exact) mass is 276 g/mol. The van der Waals surface area contributed by atoms with E-state index in [-0.39, 0.29) is 10.6 Å². The summed E-state index contributed by atoms with van der Waals surface area (Å²) in [7, 11) is 1.49. The number of nitrogens with zero attached hydrogens (tertiary/aromatic N) is 4. The van der Waals surface area contributed by atoms with Gasteiger partial charge in [-0.25, -0.2) is 0 Å². The molecule has 7 nitrogen and oxygen atoms in total. The van der Waals surface area contributed by atoms with Gasteiger partial charge in [-0.2, -0.15) is 5.26 Å². The highest BCUT2D eigenvalue weighted by atomic mass is 16.6. The van der Waals surface area contributed by atoms with Gasteiger partial charge in [-0.15, -0.1) is 0 Å². The minimum Gasteiger partial charge on any atom is -0.496 e. The van der Waals surface area contributed by atoms with Gasteiger partial charge < -0.3 is 9.64 Å². The lowest BCUT2D eigenvalue weighted by Crippen LogP contribution is -2.46. The number of nitro benzene ring substituents is 1. The molecule has 0 radical (unpaired) electrons. The molecule has 0 spiro atoms. The van der Waals surface area contributed by atoms with Crippen molar-refractivity contribution >= 4 is 11.4 Å². The summed E-state index contributed by atoms with van der Waals surface area (Å²) in [6.07, 6.45) is 0. The van der Waals surface area contributed by atoms with Crippen LogP contribution in [0.2, 0.25) is 0 Å². The van der Waals surface area contributed by atoms with Crippen LogP contribution in [0.25, 0.3) is 0 Å². The van der Waals surface area contributed by atoms with Gasteiger partial charge in [-0.3, -0.25) is 15.0 Å². The molecule has 2 rings (SSSR count). The second kappa shape index (κ2) is 6.21. The van der Waals surface area contributed by atoms with Crippen LogP contribution in [0.5, 0.6) is 5.75 Å². The molecule has 1 aliphatic rings. The van der Waals surface area contributed by atoms with Crippen molar-refractivity contribution in [3.05, 3.63) is 28.3 Å². The third-order valence-corrected chi connectivity index (χ3v) is 3.39. The summed E-state index contributed by atoms with van der Waals surface area (Å²) in [5.41, 5.74) is 0.658. The molecule has 0 atom stereocenters. The number of hydrogen-bond donors (Lipinski definition) is 0. The summed E-state index contributed by atoms with van der Waals surface area (Å²) in [4.78, 5) is 14.8. The molecule has 0 aliphatic carbocycles. The number of anilines is 1. The van der Waals surface area contributed by atoms with Crippen LogP contribution < -0.4 is 9.64 Å². The maximum atomic E-state index is 11.2. The largest absolute Gasteiger partial charge is 0.496 e. The molecular weight excluding hydrogens is 260 g/mol. The Morgan fingerprint density at radius 1 is 1.40 bits per heavy atom. The van der Waals surface area contributed by atoms with Gasteiger partial charge >= 0.3 is 0 Å². The number of nitro groups is 1. The molecule has 20 heavy (non-hydrogen) atoms. The minimum atomic E-state index is -0.389. The van der Waals surface area contributed by atoms with Gasteiger partial charge in [-0.05, 0) is 12.1 Å². The van der Waals surface area contributed by atoms with Crippen molar-refractivity contribution in [3.8, 4) is 11.8 Å². The predicted molar refractivity (Wildman–Crippen MR) is 73.9 cm³/mol. The van der Waals surface area contributed by atoms with Crippen LogP contribution in [-0.2, 0) is 0 Å². The smallest absolute Gasteiger partial charge is 0.296 e. The zero-order valence-electron chi connectivity index (χ0n) is 11.3. The molecule has 0 aromatic heterocycles. The zero-order chi connectivity index (χ0) is 14.5. The Morgan fingerprint density at radius 2 is 2.10 bits per heavy atom. The Balaban J connectivity index is 2.17. The van der Waals surface area contributed by atoms with Crippen LogP contribution in [-0.4, -0.2) is 49.7 Å². The quantitative estimate of drug-likeness (QED) is 0.467. The second-order valence-electron chi connectivity index (χ2n) is 4.53. The van der Waals surface area contributed by atoms with E-state index in [0.29, 0.717) is 31.1 Å². The van der Waals surface area contributed by atoms with Gasteiger partial charge in [0, 0.05) is 26.2 Å². The molecule has 1 aromatic rings. The van der Waals surface area contributed by atoms with Crippen molar-refractivity contribution < 1.29 is 9.66 Å². The molecule has 0 N–H and O–H groups in total. The average Bonchev–Trinajstić information content (AvgIpc) is 2.48. The summed E-state index contributed by atoms with van der Waals surface area (Å²) in [5, 5.41) is 19.8. The molecule has 1 fully saturated rings. The van der Waals surface area contributed by atoms with Gasteiger partial charge in [0.1, 0.15) is 11.4 Å². The molecular formula is C13H16N4O3. The van der Waals surface area contributed by atoms with Crippen molar-refractivity contribution in [1.82, 2.24) is 4.90 Å². The van der Waals surface area contributed by atoms with Crippen LogP contribution in [0, 0.1) is 21.4 Å². The zero-order valence-corrected chi connectivity index (χ0v) is 11.3. The van der Waals surface area contributed by atoms with E-state index in [9.17, 15) is 10.1 Å². The van der Waals surface area contributed by atoms with Crippen LogP contribution in [0.4, 0.5) is 11.4 Å². The molecule has 1 heterocycles. The molecule has 0 unspecified atom stereocenters. The lowest BCUT2D eigenvalue weighted by atomic mass is 10.2. The van der Waals surface area contributed by atoms with Crippen molar-refractivity contribution in [2.75, 3.05) is 44.7 Å². The minimum absolute atomic E-state index is 0.0538. The Hall–Kier alpha value is -2.33. The van der Waals surface area contributed by atoms with E-state index in [4.69, 9.17) is 10.00 Å². The van der Waals surface area contributed by atoms with Gasteiger partial charge in [-0.1, -0.05) is 0 Å². The normalized spacial score (nSPS) is 15.7.